The van der Waals surface area contributed by atoms with Gasteiger partial charge in [0, 0.05) is 13.7 Å². The summed E-state index contributed by atoms with van der Waals surface area (Å²) >= 11 is 0. The first kappa shape index (κ1) is 17.8. The summed E-state index contributed by atoms with van der Waals surface area (Å²) in [4.78, 5) is 12.1. The highest BCUT2D eigenvalue weighted by molar-refractivity contribution is 5.74. The van der Waals surface area contributed by atoms with Crippen molar-refractivity contribution >= 4 is 6.03 Å². The van der Waals surface area contributed by atoms with Crippen molar-refractivity contribution in [3.8, 4) is 0 Å². The third-order valence-electron chi connectivity index (χ3n) is 4.39. The van der Waals surface area contributed by atoms with Gasteiger partial charge in [-0.05, 0) is 29.4 Å². The Morgan fingerprint density at radius 1 is 1.26 bits per heavy atom. The van der Waals surface area contributed by atoms with E-state index in [-0.39, 0.29) is 17.5 Å². The van der Waals surface area contributed by atoms with Crippen LogP contribution in [0.4, 0.5) is 4.79 Å². The molecule has 0 bridgehead atoms. The van der Waals surface area contributed by atoms with E-state index in [2.05, 4.69) is 42.7 Å². The Balaban J connectivity index is 1.83. The fourth-order valence-corrected chi connectivity index (χ4v) is 3.05. The van der Waals surface area contributed by atoms with Crippen molar-refractivity contribution in [2.24, 2.45) is 0 Å². The van der Waals surface area contributed by atoms with E-state index in [1.807, 2.05) is 6.07 Å². The van der Waals surface area contributed by atoms with Crippen LogP contribution in [0, 0.1) is 0 Å². The normalized spacial score (nSPS) is 19.0. The number of hydrogen-bond donors (Lipinski definition) is 2. The lowest BCUT2D eigenvalue weighted by Crippen LogP contribution is -2.42. The van der Waals surface area contributed by atoms with E-state index in [1.165, 1.54) is 11.1 Å². The fraction of sp³-hybridized carbons (Fsp3) is 0.611. The Bertz CT molecular complexity index is 517. The number of methoxy groups -OCH3 is 1. The molecular weight excluding hydrogens is 292 g/mol. The number of carbonyl (C=O) groups is 1. The molecule has 1 unspecified atom stereocenters. The van der Waals surface area contributed by atoms with Crippen LogP contribution in [0.5, 0.6) is 0 Å². The van der Waals surface area contributed by atoms with Crippen molar-refractivity contribution in [3.63, 3.8) is 0 Å². The molecule has 1 atom stereocenters. The molecule has 2 N–H and O–H groups in total. The molecule has 0 heterocycles. The highest BCUT2D eigenvalue weighted by atomic mass is 16.5. The van der Waals surface area contributed by atoms with Gasteiger partial charge in [0.25, 0.3) is 0 Å². The van der Waals surface area contributed by atoms with Crippen LogP contribution in [0.3, 0.4) is 0 Å². The molecule has 1 aromatic carbocycles. The third kappa shape index (κ3) is 4.94. The van der Waals surface area contributed by atoms with E-state index in [0.717, 1.165) is 12.8 Å². The monoisotopic (exact) mass is 320 g/mol. The second-order valence-corrected chi connectivity index (χ2v) is 6.57. The van der Waals surface area contributed by atoms with Crippen LogP contribution in [-0.2, 0) is 14.9 Å². The average molecular weight is 320 g/mol. The largest absolute Gasteiger partial charge is 0.382 e. The van der Waals surface area contributed by atoms with Gasteiger partial charge in [0.1, 0.15) is 0 Å². The average Bonchev–Trinajstić information content (AvgIpc) is 2.54. The van der Waals surface area contributed by atoms with Crippen molar-refractivity contribution in [2.45, 2.75) is 38.1 Å². The molecule has 2 rings (SSSR count). The van der Waals surface area contributed by atoms with Gasteiger partial charge in [0.05, 0.1) is 25.9 Å². The van der Waals surface area contributed by atoms with E-state index >= 15 is 0 Å². The van der Waals surface area contributed by atoms with Crippen LogP contribution in [-0.4, -0.2) is 39.5 Å². The number of carbonyl (C=O) groups excluding carboxylic acids is 1. The lowest BCUT2D eigenvalue weighted by atomic mass is 9.71. The maximum atomic E-state index is 12.1. The van der Waals surface area contributed by atoms with Crippen LogP contribution in [0.25, 0.3) is 0 Å². The predicted molar refractivity (Wildman–Crippen MR) is 90.7 cm³/mol. The topological polar surface area (TPSA) is 59.6 Å². The van der Waals surface area contributed by atoms with Crippen molar-refractivity contribution in [1.29, 1.82) is 0 Å². The Kier molecular flexibility index (Phi) is 6.42. The van der Waals surface area contributed by atoms with Gasteiger partial charge in [-0.15, -0.1) is 0 Å². The number of ether oxygens (including phenoxy) is 2. The number of hydrogen-bond acceptors (Lipinski definition) is 3. The van der Waals surface area contributed by atoms with Crippen LogP contribution >= 0.6 is 0 Å². The Morgan fingerprint density at radius 2 is 2.04 bits per heavy atom. The number of amides is 2. The Labute approximate surface area is 138 Å². The highest BCUT2D eigenvalue weighted by Gasteiger charge is 2.32. The second-order valence-electron chi connectivity index (χ2n) is 6.57. The summed E-state index contributed by atoms with van der Waals surface area (Å²) in [5, 5.41) is 5.93. The van der Waals surface area contributed by atoms with Crippen LogP contribution in [0.1, 0.15) is 43.9 Å². The van der Waals surface area contributed by atoms with Crippen LogP contribution in [0.15, 0.2) is 24.3 Å². The smallest absolute Gasteiger partial charge is 0.315 e. The lowest BCUT2D eigenvalue weighted by molar-refractivity contribution is 0.0726. The molecule has 5 heteroatoms. The maximum Gasteiger partial charge on any atom is 0.315 e. The molecule has 0 spiro atoms. The standard InChI is InChI=1S/C18H28N2O3/c1-18(2)9-8-16(14-6-4-5-7-15(14)18)20-17(21)19-10-11-23-13-12-22-3/h4-7,16H,8-13H2,1-3H3,(H2,19,20,21). The molecule has 0 saturated heterocycles. The van der Waals surface area contributed by atoms with E-state index in [1.54, 1.807) is 7.11 Å². The van der Waals surface area contributed by atoms with Gasteiger partial charge in [-0.1, -0.05) is 38.1 Å². The summed E-state index contributed by atoms with van der Waals surface area (Å²) in [6.07, 6.45) is 2.02. The quantitative estimate of drug-likeness (QED) is 0.760. The summed E-state index contributed by atoms with van der Waals surface area (Å²) in [7, 11) is 1.64. The summed E-state index contributed by atoms with van der Waals surface area (Å²) in [6.45, 7) is 6.63. The van der Waals surface area contributed by atoms with Crippen LogP contribution < -0.4 is 10.6 Å². The zero-order valence-corrected chi connectivity index (χ0v) is 14.4. The van der Waals surface area contributed by atoms with Crippen molar-refractivity contribution < 1.29 is 14.3 Å². The zero-order valence-electron chi connectivity index (χ0n) is 14.4. The molecule has 2 amide bonds. The fourth-order valence-electron chi connectivity index (χ4n) is 3.05. The molecule has 1 aromatic rings. The lowest BCUT2D eigenvalue weighted by Gasteiger charge is -2.37. The molecule has 0 radical (unpaired) electrons. The van der Waals surface area contributed by atoms with Gasteiger partial charge < -0.3 is 20.1 Å². The highest BCUT2D eigenvalue weighted by Crippen LogP contribution is 2.41. The first-order chi connectivity index (χ1) is 11.0. The Hall–Kier alpha value is -1.59. The SMILES string of the molecule is COCCOCCNC(=O)NC1CCC(C)(C)c2ccccc21. The molecule has 23 heavy (non-hydrogen) atoms. The van der Waals surface area contributed by atoms with Crippen LogP contribution in [0.2, 0.25) is 0 Å². The van der Waals surface area contributed by atoms with Gasteiger partial charge in [-0.25, -0.2) is 4.79 Å². The molecule has 0 saturated carbocycles. The predicted octanol–water partition coefficient (Wildman–Crippen LogP) is 2.76. The van der Waals surface area contributed by atoms with E-state index < -0.39 is 0 Å². The molecule has 1 aliphatic carbocycles. The summed E-state index contributed by atoms with van der Waals surface area (Å²) in [6, 6.07) is 8.34. The summed E-state index contributed by atoms with van der Waals surface area (Å²) in [5.41, 5.74) is 2.73. The summed E-state index contributed by atoms with van der Waals surface area (Å²) in [5.74, 6) is 0. The van der Waals surface area contributed by atoms with Gasteiger partial charge in [-0.2, -0.15) is 0 Å². The summed E-state index contributed by atoms with van der Waals surface area (Å²) < 4.78 is 10.2. The van der Waals surface area contributed by atoms with E-state index in [0.29, 0.717) is 26.4 Å². The van der Waals surface area contributed by atoms with Crippen molar-refractivity contribution in [3.05, 3.63) is 35.4 Å². The molecule has 0 aromatic heterocycles. The molecule has 0 aliphatic heterocycles. The van der Waals surface area contributed by atoms with Crippen molar-refractivity contribution in [1.82, 2.24) is 10.6 Å². The molecule has 1 aliphatic rings. The maximum absolute atomic E-state index is 12.1. The first-order valence-corrected chi connectivity index (χ1v) is 8.25. The second kappa shape index (κ2) is 8.31. The van der Waals surface area contributed by atoms with Gasteiger partial charge >= 0.3 is 6.03 Å². The minimum atomic E-state index is -0.139. The number of benzene rings is 1. The number of rotatable bonds is 7. The zero-order chi connectivity index (χ0) is 16.7. The molecule has 128 valence electrons. The molecule has 5 nitrogen and oxygen atoms in total. The van der Waals surface area contributed by atoms with Crippen molar-refractivity contribution in [2.75, 3.05) is 33.5 Å². The minimum absolute atomic E-state index is 0.0774. The van der Waals surface area contributed by atoms with Gasteiger partial charge in [-0.3, -0.25) is 0 Å². The molecular formula is C18H28N2O3. The number of fused-ring (bicyclic) bond motifs is 1. The van der Waals surface area contributed by atoms with E-state index in [4.69, 9.17) is 9.47 Å². The number of nitrogens with one attached hydrogen (secondary N) is 2. The Morgan fingerprint density at radius 3 is 2.83 bits per heavy atom. The minimum Gasteiger partial charge on any atom is -0.382 e. The van der Waals surface area contributed by atoms with Gasteiger partial charge in [0.2, 0.25) is 0 Å². The molecule has 0 fully saturated rings. The third-order valence-corrected chi connectivity index (χ3v) is 4.39. The number of urea groups is 1. The van der Waals surface area contributed by atoms with E-state index in [9.17, 15) is 4.79 Å². The first-order valence-electron chi connectivity index (χ1n) is 8.25. The van der Waals surface area contributed by atoms with Gasteiger partial charge in [0.15, 0.2) is 0 Å².